The molecule has 1 heterocycles. The molecule has 18 heavy (non-hydrogen) atoms. The van der Waals surface area contributed by atoms with Crippen molar-refractivity contribution in [3.63, 3.8) is 0 Å². The minimum absolute atomic E-state index is 0.308. The fourth-order valence-electron chi connectivity index (χ4n) is 1.86. The number of aryl methyl sites for hydroxylation is 1. The first-order chi connectivity index (χ1) is 8.43. The normalized spacial score (nSPS) is 11.7. The van der Waals surface area contributed by atoms with Gasteiger partial charge in [0.05, 0.1) is 22.6 Å². The molecule has 1 aromatic carbocycles. The number of nitrogens with zero attached hydrogens (tertiary/aromatic N) is 2. The summed E-state index contributed by atoms with van der Waals surface area (Å²) in [6.07, 6.45) is 2.89. The Morgan fingerprint density at radius 2 is 1.89 bits per heavy atom. The summed E-state index contributed by atoms with van der Waals surface area (Å²) < 4.78 is 24.6. The number of imidazole rings is 1. The summed E-state index contributed by atoms with van der Waals surface area (Å²) in [6.45, 7) is 0.351. The van der Waals surface area contributed by atoms with E-state index in [4.69, 9.17) is 5.73 Å². The Labute approximate surface area is 106 Å². The lowest BCUT2D eigenvalue weighted by molar-refractivity contribution is 0.602. The Bertz CT molecular complexity index is 657. The van der Waals surface area contributed by atoms with Gasteiger partial charge in [-0.05, 0) is 12.1 Å². The van der Waals surface area contributed by atoms with Crippen molar-refractivity contribution in [1.82, 2.24) is 9.55 Å². The predicted molar refractivity (Wildman–Crippen MR) is 69.6 cm³/mol. The third-order valence-electron chi connectivity index (χ3n) is 2.76. The van der Waals surface area contributed by atoms with Crippen LogP contribution in [0.2, 0.25) is 0 Å². The fourth-order valence-corrected chi connectivity index (χ4v) is 2.49. The second-order valence-corrected chi connectivity index (χ2v) is 6.17. The van der Waals surface area contributed by atoms with E-state index in [1.54, 1.807) is 30.6 Å². The molecule has 0 bridgehead atoms. The lowest BCUT2D eigenvalue weighted by Crippen LogP contribution is -2.01. The quantitative estimate of drug-likeness (QED) is 0.896. The maximum atomic E-state index is 11.4. The molecular formula is C12H15N3O2S. The second-order valence-electron chi connectivity index (χ2n) is 4.15. The van der Waals surface area contributed by atoms with Crippen molar-refractivity contribution < 1.29 is 8.42 Å². The van der Waals surface area contributed by atoms with Gasteiger partial charge >= 0.3 is 0 Å². The van der Waals surface area contributed by atoms with Crippen LogP contribution in [-0.2, 0) is 23.4 Å². The Hall–Kier alpha value is -1.66. The first-order valence-electron chi connectivity index (χ1n) is 5.44. The van der Waals surface area contributed by atoms with Crippen LogP contribution in [0.15, 0.2) is 35.5 Å². The van der Waals surface area contributed by atoms with Crippen LogP contribution in [0, 0.1) is 0 Å². The molecule has 0 saturated heterocycles. The summed E-state index contributed by atoms with van der Waals surface area (Å²) in [5.74, 6) is 0. The van der Waals surface area contributed by atoms with Crippen LogP contribution in [0.5, 0.6) is 0 Å². The van der Waals surface area contributed by atoms with E-state index in [1.165, 1.54) is 6.26 Å². The summed E-state index contributed by atoms with van der Waals surface area (Å²) in [6, 6.07) is 6.73. The molecule has 2 rings (SSSR count). The molecule has 0 aliphatic carbocycles. The number of sulfone groups is 1. The van der Waals surface area contributed by atoms with Crippen molar-refractivity contribution in [3.05, 3.63) is 36.3 Å². The van der Waals surface area contributed by atoms with Crippen molar-refractivity contribution in [2.75, 3.05) is 6.26 Å². The van der Waals surface area contributed by atoms with Crippen molar-refractivity contribution in [1.29, 1.82) is 0 Å². The Kier molecular flexibility index (Phi) is 3.23. The molecule has 0 unspecified atom stereocenters. The molecule has 5 nitrogen and oxygen atoms in total. The molecule has 0 radical (unpaired) electrons. The van der Waals surface area contributed by atoms with Gasteiger partial charge in [-0.2, -0.15) is 0 Å². The third-order valence-corrected chi connectivity index (χ3v) is 3.89. The molecule has 0 aliphatic heterocycles. The summed E-state index contributed by atoms with van der Waals surface area (Å²) in [5, 5.41) is 0. The van der Waals surface area contributed by atoms with Crippen molar-refractivity contribution in [2.24, 2.45) is 12.8 Å². The number of benzene rings is 1. The predicted octanol–water partition coefficient (Wildman–Crippen LogP) is 0.949. The summed E-state index contributed by atoms with van der Waals surface area (Å²) in [4.78, 5) is 4.51. The fraction of sp³-hybridized carbons (Fsp3) is 0.250. The topological polar surface area (TPSA) is 78.0 Å². The minimum atomic E-state index is -3.16. The van der Waals surface area contributed by atoms with Gasteiger partial charge in [-0.25, -0.2) is 13.4 Å². The lowest BCUT2D eigenvalue weighted by atomic mass is 10.1. The molecule has 96 valence electrons. The highest BCUT2D eigenvalue weighted by molar-refractivity contribution is 7.90. The zero-order chi connectivity index (χ0) is 13.3. The van der Waals surface area contributed by atoms with Gasteiger partial charge < -0.3 is 10.3 Å². The second kappa shape index (κ2) is 4.55. The number of aromatic nitrogens is 2. The average molecular weight is 265 g/mol. The molecule has 0 spiro atoms. The zero-order valence-electron chi connectivity index (χ0n) is 10.3. The van der Waals surface area contributed by atoms with Crippen LogP contribution in [0.25, 0.3) is 11.3 Å². The van der Waals surface area contributed by atoms with E-state index >= 15 is 0 Å². The van der Waals surface area contributed by atoms with E-state index in [9.17, 15) is 8.42 Å². The summed E-state index contributed by atoms with van der Waals surface area (Å²) in [7, 11) is -1.28. The Morgan fingerprint density at radius 3 is 2.39 bits per heavy atom. The van der Waals surface area contributed by atoms with Crippen molar-refractivity contribution in [2.45, 2.75) is 11.4 Å². The number of hydrogen-bond acceptors (Lipinski definition) is 4. The maximum Gasteiger partial charge on any atom is 0.175 e. The van der Waals surface area contributed by atoms with Crippen LogP contribution in [0.1, 0.15) is 5.69 Å². The molecular weight excluding hydrogens is 250 g/mol. The highest BCUT2D eigenvalue weighted by atomic mass is 32.2. The molecule has 0 fully saturated rings. The van der Waals surface area contributed by atoms with Crippen LogP contribution < -0.4 is 5.73 Å². The van der Waals surface area contributed by atoms with Gasteiger partial charge in [-0.1, -0.05) is 12.1 Å². The molecule has 1 aromatic heterocycles. The van der Waals surface area contributed by atoms with Crippen LogP contribution >= 0.6 is 0 Å². The highest BCUT2D eigenvalue weighted by Crippen LogP contribution is 2.23. The first kappa shape index (κ1) is 12.8. The summed E-state index contributed by atoms with van der Waals surface area (Å²) >= 11 is 0. The van der Waals surface area contributed by atoms with Gasteiger partial charge in [0.1, 0.15) is 0 Å². The van der Waals surface area contributed by atoms with Gasteiger partial charge in [0.25, 0.3) is 0 Å². The minimum Gasteiger partial charge on any atom is -0.333 e. The molecule has 2 N–H and O–H groups in total. The lowest BCUT2D eigenvalue weighted by Gasteiger charge is -2.06. The number of rotatable bonds is 3. The monoisotopic (exact) mass is 265 g/mol. The van der Waals surface area contributed by atoms with E-state index < -0.39 is 9.84 Å². The Balaban J connectivity index is 2.50. The molecule has 0 amide bonds. The highest BCUT2D eigenvalue weighted by Gasteiger charge is 2.11. The number of hydrogen-bond donors (Lipinski definition) is 1. The van der Waals surface area contributed by atoms with E-state index in [2.05, 4.69) is 4.98 Å². The molecule has 2 aromatic rings. The van der Waals surface area contributed by atoms with Gasteiger partial charge in [-0.3, -0.25) is 0 Å². The molecule has 0 aliphatic rings. The van der Waals surface area contributed by atoms with Gasteiger partial charge in [-0.15, -0.1) is 0 Å². The van der Waals surface area contributed by atoms with E-state index in [0.29, 0.717) is 11.4 Å². The smallest absolute Gasteiger partial charge is 0.175 e. The largest absolute Gasteiger partial charge is 0.333 e. The van der Waals surface area contributed by atoms with Crippen molar-refractivity contribution in [3.8, 4) is 11.3 Å². The van der Waals surface area contributed by atoms with Crippen LogP contribution in [0.3, 0.4) is 0 Å². The molecule has 0 atom stereocenters. The van der Waals surface area contributed by atoms with Crippen LogP contribution in [-0.4, -0.2) is 24.2 Å². The third kappa shape index (κ3) is 2.30. The maximum absolute atomic E-state index is 11.4. The van der Waals surface area contributed by atoms with Gasteiger partial charge in [0.2, 0.25) is 0 Å². The van der Waals surface area contributed by atoms with Gasteiger partial charge in [0.15, 0.2) is 9.84 Å². The Morgan fingerprint density at radius 1 is 1.28 bits per heavy atom. The SMILES string of the molecule is Cn1cnc(CN)c1-c1ccc(S(C)(=O)=O)cc1. The molecule has 0 saturated carbocycles. The standard InChI is InChI=1S/C12H15N3O2S/c1-15-8-14-11(7-13)12(15)9-3-5-10(6-4-9)18(2,16)17/h3-6,8H,7,13H2,1-2H3. The zero-order valence-corrected chi connectivity index (χ0v) is 11.1. The summed E-state index contributed by atoms with van der Waals surface area (Å²) in [5.41, 5.74) is 8.24. The number of nitrogens with two attached hydrogens (primary N) is 1. The van der Waals surface area contributed by atoms with Crippen LogP contribution in [0.4, 0.5) is 0 Å². The van der Waals surface area contributed by atoms with E-state index in [1.807, 2.05) is 11.6 Å². The van der Waals surface area contributed by atoms with Crippen molar-refractivity contribution >= 4 is 9.84 Å². The first-order valence-corrected chi connectivity index (χ1v) is 7.33. The van der Waals surface area contributed by atoms with Gasteiger partial charge in [0, 0.05) is 25.4 Å². The van der Waals surface area contributed by atoms with E-state index in [0.717, 1.165) is 17.0 Å². The average Bonchev–Trinajstić information content (AvgIpc) is 2.69. The molecule has 6 heteroatoms. The van der Waals surface area contributed by atoms with E-state index in [-0.39, 0.29) is 0 Å².